The molecule has 0 N–H and O–H groups in total. The molecule has 0 radical (unpaired) electrons. The summed E-state index contributed by atoms with van der Waals surface area (Å²) in [6.07, 6.45) is 0. The van der Waals surface area contributed by atoms with Crippen molar-refractivity contribution in [2.45, 2.75) is 4.90 Å². The normalized spacial score (nSPS) is 10.2. The van der Waals surface area contributed by atoms with Gasteiger partial charge in [0.25, 0.3) is 5.91 Å². The molecule has 0 bridgehead atoms. The summed E-state index contributed by atoms with van der Waals surface area (Å²) < 4.78 is 5.84. The quantitative estimate of drug-likeness (QED) is 0.866. The molecule has 0 atom stereocenters. The van der Waals surface area contributed by atoms with Crippen LogP contribution in [0.25, 0.3) is 0 Å². The maximum atomic E-state index is 12.0. The summed E-state index contributed by atoms with van der Waals surface area (Å²) in [5.41, 5.74) is 0.602. The van der Waals surface area contributed by atoms with Crippen LogP contribution in [-0.4, -0.2) is 38.1 Å². The van der Waals surface area contributed by atoms with E-state index < -0.39 is 0 Å². The van der Waals surface area contributed by atoms with Crippen LogP contribution >= 0.6 is 28.6 Å². The van der Waals surface area contributed by atoms with Gasteiger partial charge in [0.2, 0.25) is 0 Å². The Kier molecular flexibility index (Phi) is 5.31. The summed E-state index contributed by atoms with van der Waals surface area (Å²) >= 11 is 7.61. The molecule has 1 aromatic rings. The Labute approximate surface area is 109 Å². The summed E-state index contributed by atoms with van der Waals surface area (Å²) in [6.45, 7) is 1.10. The van der Waals surface area contributed by atoms with Crippen LogP contribution < -0.4 is 0 Å². The van der Waals surface area contributed by atoms with Gasteiger partial charge in [-0.2, -0.15) is 0 Å². The number of carbonyl (C=O) groups is 1. The number of ether oxygens (including phenoxy) is 1. The predicted octanol–water partition coefficient (Wildman–Crippen LogP) is 2.46. The van der Waals surface area contributed by atoms with E-state index in [9.17, 15) is 4.79 Å². The molecular weight excluding hydrogens is 290 g/mol. The van der Waals surface area contributed by atoms with Gasteiger partial charge in [0, 0.05) is 30.1 Å². The van der Waals surface area contributed by atoms with Crippen LogP contribution in [0.2, 0.25) is 0 Å². The molecule has 0 saturated heterocycles. The Bertz CT molecular complexity index is 384. The van der Waals surface area contributed by atoms with Crippen molar-refractivity contribution >= 4 is 34.5 Å². The second kappa shape index (κ2) is 6.27. The molecule has 5 heteroatoms. The average molecular weight is 304 g/mol. The van der Waals surface area contributed by atoms with Crippen LogP contribution in [0, 0.1) is 0 Å². The number of halogens is 1. The monoisotopic (exact) mass is 303 g/mol. The van der Waals surface area contributed by atoms with Gasteiger partial charge in [-0.1, -0.05) is 15.9 Å². The van der Waals surface area contributed by atoms with E-state index in [0.717, 1.165) is 4.47 Å². The number of thiol groups is 1. The van der Waals surface area contributed by atoms with Gasteiger partial charge >= 0.3 is 0 Å². The lowest BCUT2D eigenvalue weighted by Gasteiger charge is -2.17. The Hall–Kier alpha value is -0.520. The minimum absolute atomic E-state index is 0.0467. The summed E-state index contributed by atoms with van der Waals surface area (Å²) in [4.78, 5) is 14.3. The highest BCUT2D eigenvalue weighted by Gasteiger charge is 2.14. The molecule has 16 heavy (non-hydrogen) atoms. The molecule has 1 aromatic carbocycles. The van der Waals surface area contributed by atoms with Gasteiger partial charge in [0.15, 0.2) is 0 Å². The lowest BCUT2D eigenvalue weighted by Crippen LogP contribution is -2.30. The standard InChI is InChI=1S/C11H14BrNO2S/c1-13(5-6-15-2)11(14)9-4-3-8(12)7-10(9)16/h3-4,7,16H,5-6H2,1-2H3. The van der Waals surface area contributed by atoms with E-state index in [0.29, 0.717) is 23.6 Å². The maximum Gasteiger partial charge on any atom is 0.254 e. The fourth-order valence-corrected chi connectivity index (χ4v) is 2.07. The largest absolute Gasteiger partial charge is 0.383 e. The number of hydrogen-bond donors (Lipinski definition) is 1. The van der Waals surface area contributed by atoms with Crippen LogP contribution in [0.5, 0.6) is 0 Å². The summed E-state index contributed by atoms with van der Waals surface area (Å²) in [5.74, 6) is -0.0467. The van der Waals surface area contributed by atoms with Crippen molar-refractivity contribution < 1.29 is 9.53 Å². The van der Waals surface area contributed by atoms with E-state index in [1.807, 2.05) is 6.07 Å². The lowest BCUT2D eigenvalue weighted by atomic mass is 10.2. The van der Waals surface area contributed by atoms with Crippen molar-refractivity contribution in [3.05, 3.63) is 28.2 Å². The number of methoxy groups -OCH3 is 1. The number of rotatable bonds is 4. The van der Waals surface area contributed by atoms with Crippen molar-refractivity contribution in [1.82, 2.24) is 4.90 Å². The van der Waals surface area contributed by atoms with Crippen molar-refractivity contribution in [3.63, 3.8) is 0 Å². The fraction of sp³-hybridized carbons (Fsp3) is 0.364. The molecule has 1 amide bonds. The topological polar surface area (TPSA) is 29.5 Å². The van der Waals surface area contributed by atoms with Gasteiger partial charge in [-0.3, -0.25) is 4.79 Å². The van der Waals surface area contributed by atoms with E-state index in [1.54, 1.807) is 31.2 Å². The van der Waals surface area contributed by atoms with Gasteiger partial charge < -0.3 is 9.64 Å². The van der Waals surface area contributed by atoms with Crippen molar-refractivity contribution in [2.75, 3.05) is 27.3 Å². The van der Waals surface area contributed by atoms with E-state index in [4.69, 9.17) is 4.74 Å². The van der Waals surface area contributed by atoms with Crippen LogP contribution in [-0.2, 0) is 4.74 Å². The minimum Gasteiger partial charge on any atom is -0.383 e. The second-order valence-corrected chi connectivity index (χ2v) is 4.78. The Morgan fingerprint density at radius 3 is 2.81 bits per heavy atom. The second-order valence-electron chi connectivity index (χ2n) is 3.38. The molecular formula is C11H14BrNO2S. The van der Waals surface area contributed by atoms with Crippen LogP contribution in [0.3, 0.4) is 0 Å². The highest BCUT2D eigenvalue weighted by Crippen LogP contribution is 2.20. The summed E-state index contributed by atoms with van der Waals surface area (Å²) in [6, 6.07) is 5.40. The number of carbonyl (C=O) groups excluding carboxylic acids is 1. The van der Waals surface area contributed by atoms with Crippen LogP contribution in [0.15, 0.2) is 27.6 Å². The first kappa shape index (κ1) is 13.5. The smallest absolute Gasteiger partial charge is 0.254 e. The van der Waals surface area contributed by atoms with Crippen molar-refractivity contribution in [1.29, 1.82) is 0 Å². The molecule has 0 saturated carbocycles. The third kappa shape index (κ3) is 3.50. The molecule has 3 nitrogen and oxygen atoms in total. The molecule has 0 heterocycles. The van der Waals surface area contributed by atoms with Crippen LogP contribution in [0.4, 0.5) is 0 Å². The predicted molar refractivity (Wildman–Crippen MR) is 70.2 cm³/mol. The fourth-order valence-electron chi connectivity index (χ4n) is 1.22. The van der Waals surface area contributed by atoms with E-state index >= 15 is 0 Å². The third-order valence-corrected chi connectivity index (χ3v) is 3.03. The van der Waals surface area contributed by atoms with E-state index in [2.05, 4.69) is 28.6 Å². The third-order valence-electron chi connectivity index (χ3n) is 2.17. The van der Waals surface area contributed by atoms with Crippen molar-refractivity contribution in [3.8, 4) is 0 Å². The lowest BCUT2D eigenvalue weighted by molar-refractivity contribution is 0.0741. The van der Waals surface area contributed by atoms with Gasteiger partial charge in [-0.25, -0.2) is 0 Å². The number of amides is 1. The molecule has 88 valence electrons. The molecule has 1 rings (SSSR count). The van der Waals surface area contributed by atoms with Gasteiger partial charge in [-0.15, -0.1) is 12.6 Å². The number of nitrogens with zero attached hydrogens (tertiary/aromatic N) is 1. The Morgan fingerprint density at radius 1 is 1.56 bits per heavy atom. The first-order valence-corrected chi connectivity index (χ1v) is 6.03. The van der Waals surface area contributed by atoms with E-state index in [-0.39, 0.29) is 5.91 Å². The van der Waals surface area contributed by atoms with Crippen molar-refractivity contribution in [2.24, 2.45) is 0 Å². The Morgan fingerprint density at radius 2 is 2.25 bits per heavy atom. The van der Waals surface area contributed by atoms with Gasteiger partial charge in [-0.05, 0) is 18.2 Å². The molecule has 0 fully saturated rings. The van der Waals surface area contributed by atoms with E-state index in [1.165, 1.54) is 0 Å². The highest BCUT2D eigenvalue weighted by atomic mass is 79.9. The number of hydrogen-bond acceptors (Lipinski definition) is 3. The first-order chi connectivity index (χ1) is 7.56. The summed E-state index contributed by atoms with van der Waals surface area (Å²) in [5, 5.41) is 0. The van der Waals surface area contributed by atoms with Gasteiger partial charge in [0.05, 0.1) is 12.2 Å². The zero-order chi connectivity index (χ0) is 12.1. The SMILES string of the molecule is COCCN(C)C(=O)c1ccc(Br)cc1S. The minimum atomic E-state index is -0.0467. The first-order valence-electron chi connectivity index (χ1n) is 4.79. The number of likely N-dealkylation sites (N-methyl/N-ethyl adjacent to an activating group) is 1. The zero-order valence-corrected chi connectivity index (χ0v) is 11.7. The molecule has 0 aliphatic rings. The molecule has 0 aromatic heterocycles. The molecule has 0 aliphatic carbocycles. The zero-order valence-electron chi connectivity index (χ0n) is 9.24. The number of benzene rings is 1. The van der Waals surface area contributed by atoms with Crippen LogP contribution in [0.1, 0.15) is 10.4 Å². The van der Waals surface area contributed by atoms with Gasteiger partial charge in [0.1, 0.15) is 0 Å². The average Bonchev–Trinajstić information content (AvgIpc) is 2.25. The molecule has 0 aliphatic heterocycles. The maximum absolute atomic E-state index is 12.0. The molecule has 0 unspecified atom stereocenters. The summed E-state index contributed by atoms with van der Waals surface area (Å²) in [7, 11) is 3.36. The molecule has 0 spiro atoms. The highest BCUT2D eigenvalue weighted by molar-refractivity contribution is 9.10. The Balaban J connectivity index is 2.79.